The molecule has 0 aromatic carbocycles. The third-order valence-electron chi connectivity index (χ3n) is 1.80. The third kappa shape index (κ3) is 6.71. The van der Waals surface area contributed by atoms with E-state index >= 15 is 0 Å². The second kappa shape index (κ2) is 5.19. The standard InChI is InChI=1S/C8H15F3N2O/c1-5(7(12)14)4-13-6(2)3-8(9,10)11/h5-6,13H,3-4H2,1-2H3,(H2,12,14). The number of hydrogen-bond donors (Lipinski definition) is 2. The van der Waals surface area contributed by atoms with E-state index < -0.39 is 30.5 Å². The molecule has 1 amide bonds. The second-order valence-electron chi connectivity index (χ2n) is 3.43. The molecule has 2 atom stereocenters. The fourth-order valence-electron chi connectivity index (χ4n) is 0.898. The van der Waals surface area contributed by atoms with Crippen molar-refractivity contribution in [3.05, 3.63) is 0 Å². The molecule has 6 heteroatoms. The van der Waals surface area contributed by atoms with Gasteiger partial charge in [0.15, 0.2) is 0 Å². The van der Waals surface area contributed by atoms with E-state index in [2.05, 4.69) is 5.32 Å². The second-order valence-corrected chi connectivity index (χ2v) is 3.43. The first-order chi connectivity index (χ1) is 6.22. The Hall–Kier alpha value is -0.780. The molecule has 0 radical (unpaired) electrons. The summed E-state index contributed by atoms with van der Waals surface area (Å²) in [7, 11) is 0. The van der Waals surface area contributed by atoms with Gasteiger partial charge in [-0.2, -0.15) is 13.2 Å². The van der Waals surface area contributed by atoms with E-state index in [1.54, 1.807) is 6.92 Å². The van der Waals surface area contributed by atoms with Crippen LogP contribution in [0.1, 0.15) is 20.3 Å². The van der Waals surface area contributed by atoms with Gasteiger partial charge in [-0.25, -0.2) is 0 Å². The first-order valence-electron chi connectivity index (χ1n) is 4.32. The molecular weight excluding hydrogens is 197 g/mol. The Kier molecular flexibility index (Phi) is 4.90. The number of hydrogen-bond acceptors (Lipinski definition) is 2. The molecular formula is C8H15F3N2O. The maximum Gasteiger partial charge on any atom is 0.390 e. The van der Waals surface area contributed by atoms with Crippen LogP contribution in [0.15, 0.2) is 0 Å². The van der Waals surface area contributed by atoms with Crippen molar-refractivity contribution < 1.29 is 18.0 Å². The number of carbonyl (C=O) groups is 1. The number of nitrogens with two attached hydrogens (primary N) is 1. The highest BCUT2D eigenvalue weighted by atomic mass is 19.4. The van der Waals surface area contributed by atoms with Crippen molar-refractivity contribution in [2.75, 3.05) is 6.54 Å². The van der Waals surface area contributed by atoms with Crippen LogP contribution >= 0.6 is 0 Å². The molecule has 0 rings (SSSR count). The van der Waals surface area contributed by atoms with Crippen LogP contribution < -0.4 is 11.1 Å². The SMILES string of the molecule is CC(CC(F)(F)F)NCC(C)C(N)=O. The zero-order chi connectivity index (χ0) is 11.4. The maximum atomic E-state index is 11.9. The summed E-state index contributed by atoms with van der Waals surface area (Å²) >= 11 is 0. The Morgan fingerprint density at radius 3 is 2.29 bits per heavy atom. The molecule has 84 valence electrons. The van der Waals surface area contributed by atoms with Crippen molar-refractivity contribution in [2.24, 2.45) is 11.7 Å². The summed E-state index contributed by atoms with van der Waals surface area (Å²) in [6.45, 7) is 3.16. The Morgan fingerprint density at radius 2 is 1.93 bits per heavy atom. The van der Waals surface area contributed by atoms with E-state index in [0.717, 1.165) is 0 Å². The van der Waals surface area contributed by atoms with Crippen LogP contribution in [0, 0.1) is 5.92 Å². The molecule has 0 fully saturated rings. The maximum absolute atomic E-state index is 11.9. The largest absolute Gasteiger partial charge is 0.390 e. The highest BCUT2D eigenvalue weighted by Gasteiger charge is 2.29. The predicted molar refractivity (Wildman–Crippen MR) is 46.5 cm³/mol. The molecule has 0 aliphatic rings. The first-order valence-corrected chi connectivity index (χ1v) is 4.32. The molecule has 0 aromatic rings. The van der Waals surface area contributed by atoms with Crippen molar-refractivity contribution in [1.82, 2.24) is 5.32 Å². The summed E-state index contributed by atoms with van der Waals surface area (Å²) in [6.07, 6.45) is -5.08. The zero-order valence-electron chi connectivity index (χ0n) is 8.19. The van der Waals surface area contributed by atoms with Crippen molar-refractivity contribution >= 4 is 5.91 Å². The first kappa shape index (κ1) is 13.2. The lowest BCUT2D eigenvalue weighted by Gasteiger charge is -2.17. The number of primary amides is 1. The molecule has 0 aliphatic carbocycles. The molecule has 0 bridgehead atoms. The fourth-order valence-corrected chi connectivity index (χ4v) is 0.898. The number of halogens is 3. The highest BCUT2D eigenvalue weighted by molar-refractivity contribution is 5.76. The van der Waals surface area contributed by atoms with E-state index in [0.29, 0.717) is 0 Å². The quantitative estimate of drug-likeness (QED) is 0.715. The molecule has 0 saturated carbocycles. The lowest BCUT2D eigenvalue weighted by Crippen LogP contribution is -2.37. The number of nitrogens with one attached hydrogen (secondary N) is 1. The van der Waals surface area contributed by atoms with Crippen LogP contribution in [0.4, 0.5) is 13.2 Å². The van der Waals surface area contributed by atoms with Gasteiger partial charge in [0.2, 0.25) is 5.91 Å². The van der Waals surface area contributed by atoms with Gasteiger partial charge in [-0.15, -0.1) is 0 Å². The number of carbonyl (C=O) groups excluding carboxylic acids is 1. The number of amides is 1. The number of alkyl halides is 3. The molecule has 3 N–H and O–H groups in total. The average molecular weight is 212 g/mol. The van der Waals surface area contributed by atoms with Crippen LogP contribution in [-0.4, -0.2) is 24.7 Å². The Labute approximate surface area is 80.8 Å². The zero-order valence-corrected chi connectivity index (χ0v) is 8.19. The van der Waals surface area contributed by atoms with Crippen molar-refractivity contribution in [1.29, 1.82) is 0 Å². The van der Waals surface area contributed by atoms with E-state index in [-0.39, 0.29) is 6.54 Å². The Bertz CT molecular complexity index is 194. The minimum atomic E-state index is -4.18. The molecule has 14 heavy (non-hydrogen) atoms. The van der Waals surface area contributed by atoms with Crippen LogP contribution in [0.3, 0.4) is 0 Å². The van der Waals surface area contributed by atoms with E-state index in [4.69, 9.17) is 5.73 Å². The van der Waals surface area contributed by atoms with Crippen molar-refractivity contribution in [3.63, 3.8) is 0 Å². The summed E-state index contributed by atoms with van der Waals surface area (Å²) in [5.41, 5.74) is 4.95. The molecule has 3 nitrogen and oxygen atoms in total. The summed E-state index contributed by atoms with van der Waals surface area (Å²) in [5, 5.41) is 2.60. The van der Waals surface area contributed by atoms with E-state index in [1.807, 2.05) is 0 Å². The molecule has 0 spiro atoms. The van der Waals surface area contributed by atoms with Crippen LogP contribution in [-0.2, 0) is 4.79 Å². The van der Waals surface area contributed by atoms with Gasteiger partial charge in [0.1, 0.15) is 0 Å². The highest BCUT2D eigenvalue weighted by Crippen LogP contribution is 2.21. The van der Waals surface area contributed by atoms with Gasteiger partial charge in [-0.3, -0.25) is 4.79 Å². The smallest absolute Gasteiger partial charge is 0.369 e. The summed E-state index contributed by atoms with van der Waals surface area (Å²) in [6, 6.07) is -0.697. The average Bonchev–Trinajstić information content (AvgIpc) is 1.96. The van der Waals surface area contributed by atoms with Gasteiger partial charge < -0.3 is 11.1 Å². The van der Waals surface area contributed by atoms with E-state index in [1.165, 1.54) is 6.92 Å². The third-order valence-corrected chi connectivity index (χ3v) is 1.80. The molecule has 0 heterocycles. The summed E-state index contributed by atoms with van der Waals surface area (Å²) in [4.78, 5) is 10.6. The minimum absolute atomic E-state index is 0.173. The van der Waals surface area contributed by atoms with Crippen LogP contribution in [0.2, 0.25) is 0 Å². The predicted octanol–water partition coefficient (Wildman–Crippen LogP) is 1.04. The Balaban J connectivity index is 3.74. The lowest BCUT2D eigenvalue weighted by atomic mass is 10.1. The van der Waals surface area contributed by atoms with Crippen LogP contribution in [0.5, 0.6) is 0 Å². The van der Waals surface area contributed by atoms with Gasteiger partial charge in [-0.05, 0) is 6.92 Å². The Morgan fingerprint density at radius 1 is 1.43 bits per heavy atom. The van der Waals surface area contributed by atoms with E-state index in [9.17, 15) is 18.0 Å². The molecule has 2 unspecified atom stereocenters. The van der Waals surface area contributed by atoms with Gasteiger partial charge in [-0.1, -0.05) is 6.92 Å². The van der Waals surface area contributed by atoms with Crippen molar-refractivity contribution in [3.8, 4) is 0 Å². The lowest BCUT2D eigenvalue weighted by molar-refractivity contribution is -0.139. The molecule has 0 aliphatic heterocycles. The monoisotopic (exact) mass is 212 g/mol. The normalized spacial score (nSPS) is 16.4. The van der Waals surface area contributed by atoms with Crippen LogP contribution in [0.25, 0.3) is 0 Å². The molecule has 0 saturated heterocycles. The van der Waals surface area contributed by atoms with Gasteiger partial charge in [0.05, 0.1) is 6.42 Å². The minimum Gasteiger partial charge on any atom is -0.369 e. The topological polar surface area (TPSA) is 55.1 Å². The summed E-state index contributed by atoms with van der Waals surface area (Å²) in [5.74, 6) is -0.970. The van der Waals surface area contributed by atoms with Gasteiger partial charge in [0, 0.05) is 18.5 Å². The number of rotatable bonds is 5. The summed E-state index contributed by atoms with van der Waals surface area (Å²) < 4.78 is 35.6. The molecule has 0 aromatic heterocycles. The van der Waals surface area contributed by atoms with Gasteiger partial charge in [0.25, 0.3) is 0 Å². The van der Waals surface area contributed by atoms with Gasteiger partial charge >= 0.3 is 6.18 Å². The van der Waals surface area contributed by atoms with Crippen molar-refractivity contribution in [2.45, 2.75) is 32.5 Å². The fraction of sp³-hybridized carbons (Fsp3) is 0.875.